The van der Waals surface area contributed by atoms with Crippen molar-refractivity contribution in [1.82, 2.24) is 4.90 Å². The van der Waals surface area contributed by atoms with E-state index in [1.54, 1.807) is 17.0 Å². The smallest absolute Gasteiger partial charge is 0.264 e. The van der Waals surface area contributed by atoms with Gasteiger partial charge >= 0.3 is 0 Å². The average Bonchev–Trinajstić information content (AvgIpc) is 3.16. The molecule has 1 aromatic heterocycles. The predicted molar refractivity (Wildman–Crippen MR) is 125 cm³/mol. The maximum Gasteiger partial charge on any atom is 0.264 e. The zero-order chi connectivity index (χ0) is 21.9. The molecule has 0 aliphatic heterocycles. The number of rotatable bonds is 8. The van der Waals surface area contributed by atoms with Crippen LogP contribution in [-0.4, -0.2) is 38.9 Å². The first-order chi connectivity index (χ1) is 14.3. The van der Waals surface area contributed by atoms with E-state index in [9.17, 15) is 13.2 Å². The van der Waals surface area contributed by atoms with Crippen LogP contribution in [0.3, 0.4) is 0 Å². The quantitative estimate of drug-likeness (QED) is 0.474. The first-order valence-electron chi connectivity index (χ1n) is 10.2. The van der Waals surface area contributed by atoms with Gasteiger partial charge in [-0.05, 0) is 69.0 Å². The van der Waals surface area contributed by atoms with Gasteiger partial charge in [-0.25, -0.2) is 8.42 Å². The lowest BCUT2D eigenvalue weighted by Gasteiger charge is -2.24. The fourth-order valence-corrected chi connectivity index (χ4v) is 5.95. The number of carbonyl (C=O) groups excluding carboxylic acids is 1. The van der Waals surface area contributed by atoms with Gasteiger partial charge in [0, 0.05) is 24.3 Å². The van der Waals surface area contributed by atoms with Crippen LogP contribution in [-0.2, 0) is 10.0 Å². The van der Waals surface area contributed by atoms with Crippen molar-refractivity contribution >= 4 is 43.0 Å². The van der Waals surface area contributed by atoms with Crippen LogP contribution in [0, 0.1) is 6.92 Å². The minimum absolute atomic E-state index is 0.0143. The van der Waals surface area contributed by atoms with E-state index in [1.807, 2.05) is 64.1 Å². The van der Waals surface area contributed by atoms with Crippen LogP contribution in [0.15, 0.2) is 53.4 Å². The fraction of sp³-hybridized carbons (Fsp3) is 0.348. The Morgan fingerprint density at radius 3 is 2.23 bits per heavy atom. The molecule has 0 atom stereocenters. The fourth-order valence-electron chi connectivity index (χ4n) is 3.39. The number of hydrogen-bond acceptors (Lipinski definition) is 4. The van der Waals surface area contributed by atoms with Crippen molar-refractivity contribution in [2.75, 3.05) is 23.9 Å². The van der Waals surface area contributed by atoms with Gasteiger partial charge in [-0.15, -0.1) is 11.3 Å². The molecule has 1 amide bonds. The Balaban J connectivity index is 2.02. The third-order valence-electron chi connectivity index (χ3n) is 5.08. The molecule has 0 bridgehead atoms. The third-order valence-corrected chi connectivity index (χ3v) is 8.03. The lowest BCUT2D eigenvalue weighted by atomic mass is 10.2. The zero-order valence-corrected chi connectivity index (χ0v) is 19.5. The molecule has 2 aromatic carbocycles. The Morgan fingerprint density at radius 1 is 0.967 bits per heavy atom. The zero-order valence-electron chi connectivity index (χ0n) is 17.9. The van der Waals surface area contributed by atoms with Gasteiger partial charge in [0.1, 0.15) is 0 Å². The Labute approximate surface area is 183 Å². The summed E-state index contributed by atoms with van der Waals surface area (Å²) in [7, 11) is -3.67. The highest BCUT2D eigenvalue weighted by atomic mass is 32.2. The van der Waals surface area contributed by atoms with Gasteiger partial charge in [-0.2, -0.15) is 0 Å². The van der Waals surface area contributed by atoms with Gasteiger partial charge in [0.25, 0.3) is 15.9 Å². The SMILES string of the molecule is CCCN(c1ccc2sc(C(=O)N(CC)CC)cc2c1)S(=O)(=O)c1ccc(C)cc1. The van der Waals surface area contributed by atoms with Crippen molar-refractivity contribution in [3.05, 3.63) is 59.0 Å². The highest BCUT2D eigenvalue weighted by Crippen LogP contribution is 2.32. The molecular weight excluding hydrogens is 416 g/mol. The molecule has 30 heavy (non-hydrogen) atoms. The molecule has 1 heterocycles. The van der Waals surface area contributed by atoms with Crippen molar-refractivity contribution in [2.45, 2.75) is 39.0 Å². The average molecular weight is 445 g/mol. The normalized spacial score (nSPS) is 11.6. The number of sulfonamides is 1. The molecule has 0 N–H and O–H groups in total. The summed E-state index contributed by atoms with van der Waals surface area (Å²) in [4.78, 5) is 15.4. The van der Waals surface area contributed by atoms with Gasteiger partial charge in [-0.3, -0.25) is 9.10 Å². The summed E-state index contributed by atoms with van der Waals surface area (Å²) in [6.45, 7) is 9.53. The maximum absolute atomic E-state index is 13.3. The van der Waals surface area contributed by atoms with E-state index < -0.39 is 10.0 Å². The van der Waals surface area contributed by atoms with Crippen LogP contribution in [0.4, 0.5) is 5.69 Å². The van der Waals surface area contributed by atoms with Crippen LogP contribution >= 0.6 is 11.3 Å². The van der Waals surface area contributed by atoms with Gasteiger partial charge < -0.3 is 4.90 Å². The van der Waals surface area contributed by atoms with E-state index in [-0.39, 0.29) is 10.8 Å². The van der Waals surface area contributed by atoms with E-state index in [0.717, 1.165) is 15.6 Å². The molecule has 0 fully saturated rings. The molecule has 7 heteroatoms. The van der Waals surface area contributed by atoms with Gasteiger partial charge in [0.2, 0.25) is 0 Å². The van der Waals surface area contributed by atoms with E-state index in [2.05, 4.69) is 0 Å². The molecule has 3 aromatic rings. The number of nitrogens with zero attached hydrogens (tertiary/aromatic N) is 2. The minimum atomic E-state index is -3.67. The second kappa shape index (κ2) is 9.18. The predicted octanol–water partition coefficient (Wildman–Crippen LogP) is 5.30. The van der Waals surface area contributed by atoms with E-state index in [0.29, 0.717) is 36.6 Å². The Kier molecular flexibility index (Phi) is 6.83. The summed E-state index contributed by atoms with van der Waals surface area (Å²) in [5.41, 5.74) is 1.63. The monoisotopic (exact) mass is 444 g/mol. The second-order valence-electron chi connectivity index (χ2n) is 7.20. The molecule has 0 saturated heterocycles. The number of fused-ring (bicyclic) bond motifs is 1. The Bertz CT molecular complexity index is 1130. The number of aryl methyl sites for hydroxylation is 1. The summed E-state index contributed by atoms with van der Waals surface area (Å²) >= 11 is 1.44. The number of carbonyl (C=O) groups is 1. The number of amides is 1. The lowest BCUT2D eigenvalue weighted by Crippen LogP contribution is -2.31. The summed E-state index contributed by atoms with van der Waals surface area (Å²) < 4.78 is 29.1. The number of anilines is 1. The Morgan fingerprint density at radius 2 is 1.63 bits per heavy atom. The topological polar surface area (TPSA) is 57.7 Å². The van der Waals surface area contributed by atoms with Gasteiger partial charge in [0.05, 0.1) is 15.5 Å². The summed E-state index contributed by atoms with van der Waals surface area (Å²) in [6, 6.07) is 14.4. The molecule has 0 aliphatic rings. The number of hydrogen-bond donors (Lipinski definition) is 0. The highest BCUT2D eigenvalue weighted by molar-refractivity contribution is 7.92. The van der Waals surface area contributed by atoms with Crippen molar-refractivity contribution in [1.29, 1.82) is 0 Å². The van der Waals surface area contributed by atoms with E-state index in [1.165, 1.54) is 15.6 Å². The maximum atomic E-state index is 13.3. The standard InChI is InChI=1S/C23H28N2O3S2/c1-5-14-25(30(27,28)20-11-8-17(4)9-12-20)19-10-13-21-18(15-19)16-22(29-21)23(26)24(6-2)7-3/h8-13,15-16H,5-7,14H2,1-4H3. The molecule has 160 valence electrons. The van der Waals surface area contributed by atoms with E-state index >= 15 is 0 Å². The molecule has 0 aliphatic carbocycles. The summed E-state index contributed by atoms with van der Waals surface area (Å²) in [5.74, 6) is 0.0143. The third kappa shape index (κ3) is 4.37. The molecule has 5 nitrogen and oxygen atoms in total. The first-order valence-corrected chi connectivity index (χ1v) is 12.5. The van der Waals surface area contributed by atoms with Crippen molar-refractivity contribution in [3.63, 3.8) is 0 Å². The van der Waals surface area contributed by atoms with Crippen LogP contribution < -0.4 is 4.31 Å². The summed E-state index contributed by atoms with van der Waals surface area (Å²) in [5, 5.41) is 0.883. The number of benzene rings is 2. The van der Waals surface area contributed by atoms with Gasteiger partial charge in [-0.1, -0.05) is 24.6 Å². The van der Waals surface area contributed by atoms with Crippen LogP contribution in [0.25, 0.3) is 10.1 Å². The Hall–Kier alpha value is -2.38. The van der Waals surface area contributed by atoms with Crippen LogP contribution in [0.1, 0.15) is 42.4 Å². The van der Waals surface area contributed by atoms with Gasteiger partial charge in [0.15, 0.2) is 0 Å². The minimum Gasteiger partial charge on any atom is -0.339 e. The molecule has 0 saturated carbocycles. The highest BCUT2D eigenvalue weighted by Gasteiger charge is 2.25. The molecule has 3 rings (SSSR count). The first kappa shape index (κ1) is 22.3. The molecule has 0 unspecified atom stereocenters. The van der Waals surface area contributed by atoms with Crippen molar-refractivity contribution in [2.24, 2.45) is 0 Å². The van der Waals surface area contributed by atoms with Crippen LogP contribution in [0.5, 0.6) is 0 Å². The van der Waals surface area contributed by atoms with E-state index in [4.69, 9.17) is 0 Å². The largest absolute Gasteiger partial charge is 0.339 e. The molecular formula is C23H28N2O3S2. The van der Waals surface area contributed by atoms with Crippen molar-refractivity contribution in [3.8, 4) is 0 Å². The lowest BCUT2D eigenvalue weighted by molar-refractivity contribution is 0.0778. The van der Waals surface area contributed by atoms with Crippen molar-refractivity contribution < 1.29 is 13.2 Å². The van der Waals surface area contributed by atoms with Crippen LogP contribution in [0.2, 0.25) is 0 Å². The number of thiophene rings is 1. The second-order valence-corrected chi connectivity index (χ2v) is 10.1. The molecule has 0 radical (unpaired) electrons. The molecule has 0 spiro atoms. The summed E-state index contributed by atoms with van der Waals surface area (Å²) in [6.07, 6.45) is 0.693.